The van der Waals surface area contributed by atoms with Crippen LogP contribution in [0.4, 0.5) is 0 Å². The minimum atomic E-state index is -0.628. The SMILES string of the molecule is Cc1ccc(-c2ccc(=O)n(C(C)C(=O)NCC3CCCCC3)n2)cc1. The summed E-state index contributed by atoms with van der Waals surface area (Å²) in [7, 11) is 0. The van der Waals surface area contributed by atoms with Gasteiger partial charge in [-0.05, 0) is 38.7 Å². The third kappa shape index (κ3) is 4.40. The van der Waals surface area contributed by atoms with Crippen LogP contribution in [0.5, 0.6) is 0 Å². The highest BCUT2D eigenvalue weighted by molar-refractivity contribution is 5.79. The van der Waals surface area contributed by atoms with Crippen LogP contribution in [0.1, 0.15) is 50.6 Å². The molecule has 1 saturated carbocycles. The van der Waals surface area contributed by atoms with E-state index in [0.29, 0.717) is 18.2 Å². The number of aryl methyl sites for hydroxylation is 1. The van der Waals surface area contributed by atoms with Crippen molar-refractivity contribution in [2.24, 2.45) is 5.92 Å². The number of amides is 1. The maximum absolute atomic E-state index is 12.5. The molecule has 0 radical (unpaired) electrons. The van der Waals surface area contributed by atoms with Crippen LogP contribution in [0, 0.1) is 12.8 Å². The second-order valence-electron chi connectivity index (χ2n) is 7.29. The zero-order valence-corrected chi connectivity index (χ0v) is 15.6. The van der Waals surface area contributed by atoms with Gasteiger partial charge in [0.1, 0.15) is 6.04 Å². The lowest BCUT2D eigenvalue weighted by Crippen LogP contribution is -2.39. The lowest BCUT2D eigenvalue weighted by Gasteiger charge is -2.23. The summed E-state index contributed by atoms with van der Waals surface area (Å²) in [6.07, 6.45) is 6.14. The van der Waals surface area contributed by atoms with Crippen molar-refractivity contribution in [2.45, 2.75) is 52.0 Å². The second kappa shape index (κ2) is 8.30. The molecular weight excluding hydrogens is 326 g/mol. The maximum atomic E-state index is 12.5. The molecule has 1 N–H and O–H groups in total. The van der Waals surface area contributed by atoms with Crippen molar-refractivity contribution in [1.29, 1.82) is 0 Å². The molecule has 2 aromatic rings. The molecule has 3 rings (SSSR count). The Morgan fingerprint density at radius 2 is 1.85 bits per heavy atom. The van der Waals surface area contributed by atoms with Crippen LogP contribution in [0.2, 0.25) is 0 Å². The van der Waals surface area contributed by atoms with Gasteiger partial charge in [-0.2, -0.15) is 5.10 Å². The Kier molecular flexibility index (Phi) is 5.86. The van der Waals surface area contributed by atoms with E-state index in [1.807, 2.05) is 31.2 Å². The Balaban J connectivity index is 1.72. The average Bonchev–Trinajstić information content (AvgIpc) is 2.67. The number of hydrogen-bond acceptors (Lipinski definition) is 3. The number of carbonyl (C=O) groups is 1. The number of nitrogens with one attached hydrogen (secondary N) is 1. The molecule has 1 aromatic heterocycles. The number of aromatic nitrogens is 2. The van der Waals surface area contributed by atoms with E-state index in [9.17, 15) is 9.59 Å². The summed E-state index contributed by atoms with van der Waals surface area (Å²) in [5.41, 5.74) is 2.52. The third-order valence-electron chi connectivity index (χ3n) is 5.21. The first kappa shape index (κ1) is 18.4. The normalized spacial score (nSPS) is 16.2. The lowest BCUT2D eigenvalue weighted by atomic mass is 9.89. The van der Waals surface area contributed by atoms with Gasteiger partial charge >= 0.3 is 0 Å². The first-order valence-electron chi connectivity index (χ1n) is 9.49. The predicted molar refractivity (Wildman–Crippen MR) is 103 cm³/mol. The highest BCUT2D eigenvalue weighted by Crippen LogP contribution is 2.23. The molecule has 1 aliphatic rings. The van der Waals surface area contributed by atoms with Gasteiger partial charge in [-0.15, -0.1) is 0 Å². The number of rotatable bonds is 5. The highest BCUT2D eigenvalue weighted by atomic mass is 16.2. The van der Waals surface area contributed by atoms with Crippen molar-refractivity contribution in [3.05, 3.63) is 52.3 Å². The number of nitrogens with zero attached hydrogens (tertiary/aromatic N) is 2. The second-order valence-corrected chi connectivity index (χ2v) is 7.29. The fraction of sp³-hybridized carbons (Fsp3) is 0.476. The number of carbonyl (C=O) groups excluding carboxylic acids is 1. The molecule has 0 saturated heterocycles. The average molecular weight is 353 g/mol. The summed E-state index contributed by atoms with van der Waals surface area (Å²) < 4.78 is 1.28. The first-order valence-corrected chi connectivity index (χ1v) is 9.49. The number of benzene rings is 1. The van der Waals surface area contributed by atoms with Crippen molar-refractivity contribution in [1.82, 2.24) is 15.1 Å². The number of hydrogen-bond donors (Lipinski definition) is 1. The van der Waals surface area contributed by atoms with Gasteiger partial charge in [0.15, 0.2) is 0 Å². The third-order valence-corrected chi connectivity index (χ3v) is 5.21. The minimum absolute atomic E-state index is 0.147. The monoisotopic (exact) mass is 353 g/mol. The molecule has 5 heteroatoms. The Bertz CT molecular complexity index is 805. The fourth-order valence-corrected chi connectivity index (χ4v) is 3.48. The van der Waals surface area contributed by atoms with E-state index in [-0.39, 0.29) is 11.5 Å². The minimum Gasteiger partial charge on any atom is -0.354 e. The molecule has 1 unspecified atom stereocenters. The first-order chi connectivity index (χ1) is 12.5. The van der Waals surface area contributed by atoms with Gasteiger partial charge in [-0.1, -0.05) is 49.1 Å². The topological polar surface area (TPSA) is 64.0 Å². The Morgan fingerprint density at radius 1 is 1.15 bits per heavy atom. The zero-order chi connectivity index (χ0) is 18.5. The van der Waals surface area contributed by atoms with Gasteiger partial charge in [-0.3, -0.25) is 9.59 Å². The summed E-state index contributed by atoms with van der Waals surface area (Å²) in [6, 6.07) is 10.5. The van der Waals surface area contributed by atoms with Crippen molar-refractivity contribution in [2.75, 3.05) is 6.54 Å². The van der Waals surface area contributed by atoms with E-state index < -0.39 is 6.04 Å². The molecule has 1 aromatic carbocycles. The predicted octanol–water partition coefficient (Wildman–Crippen LogP) is 3.48. The molecule has 5 nitrogen and oxygen atoms in total. The maximum Gasteiger partial charge on any atom is 0.267 e. The Labute approximate surface area is 154 Å². The molecule has 1 aliphatic carbocycles. The Morgan fingerprint density at radius 3 is 2.54 bits per heavy atom. The molecule has 0 aliphatic heterocycles. The van der Waals surface area contributed by atoms with Crippen molar-refractivity contribution in [3.63, 3.8) is 0 Å². The van der Waals surface area contributed by atoms with Gasteiger partial charge in [0, 0.05) is 18.2 Å². The van der Waals surface area contributed by atoms with Crippen LogP contribution >= 0.6 is 0 Å². The van der Waals surface area contributed by atoms with E-state index >= 15 is 0 Å². The van der Waals surface area contributed by atoms with Crippen LogP contribution in [0.15, 0.2) is 41.2 Å². The summed E-state index contributed by atoms with van der Waals surface area (Å²) in [6.45, 7) is 4.44. The van der Waals surface area contributed by atoms with Gasteiger partial charge in [0.25, 0.3) is 5.56 Å². The molecule has 1 heterocycles. The fourth-order valence-electron chi connectivity index (χ4n) is 3.48. The summed E-state index contributed by atoms with van der Waals surface area (Å²) in [5.74, 6) is 0.412. The van der Waals surface area contributed by atoms with E-state index in [2.05, 4.69) is 10.4 Å². The largest absolute Gasteiger partial charge is 0.354 e. The lowest BCUT2D eigenvalue weighted by molar-refractivity contribution is -0.124. The summed E-state index contributed by atoms with van der Waals surface area (Å²) in [4.78, 5) is 24.7. The van der Waals surface area contributed by atoms with Gasteiger partial charge < -0.3 is 5.32 Å². The molecule has 0 bridgehead atoms. The van der Waals surface area contributed by atoms with E-state index in [1.165, 1.54) is 42.9 Å². The molecule has 1 amide bonds. The van der Waals surface area contributed by atoms with Gasteiger partial charge in [0.05, 0.1) is 5.69 Å². The molecular formula is C21H27N3O2. The van der Waals surface area contributed by atoms with Crippen LogP contribution in [-0.2, 0) is 4.79 Å². The van der Waals surface area contributed by atoms with Gasteiger partial charge in [0.2, 0.25) is 5.91 Å². The molecule has 26 heavy (non-hydrogen) atoms. The molecule has 1 fully saturated rings. The molecule has 1 atom stereocenters. The van der Waals surface area contributed by atoms with E-state index in [0.717, 1.165) is 11.1 Å². The van der Waals surface area contributed by atoms with Crippen molar-refractivity contribution >= 4 is 5.91 Å². The van der Waals surface area contributed by atoms with E-state index in [4.69, 9.17) is 0 Å². The van der Waals surface area contributed by atoms with E-state index in [1.54, 1.807) is 13.0 Å². The van der Waals surface area contributed by atoms with Gasteiger partial charge in [-0.25, -0.2) is 4.68 Å². The summed E-state index contributed by atoms with van der Waals surface area (Å²) >= 11 is 0. The standard InChI is InChI=1S/C21H27N3O2/c1-15-8-10-18(11-9-15)19-12-13-20(25)24(23-19)16(2)21(26)22-14-17-6-4-3-5-7-17/h8-13,16-17H,3-7,14H2,1-2H3,(H,22,26). The smallest absolute Gasteiger partial charge is 0.267 e. The van der Waals surface area contributed by atoms with Crippen LogP contribution in [-0.4, -0.2) is 22.2 Å². The van der Waals surface area contributed by atoms with Crippen LogP contribution < -0.4 is 10.9 Å². The summed E-state index contributed by atoms with van der Waals surface area (Å²) in [5, 5.41) is 7.44. The van der Waals surface area contributed by atoms with Crippen molar-refractivity contribution < 1.29 is 4.79 Å². The molecule has 138 valence electrons. The quantitative estimate of drug-likeness (QED) is 0.895. The van der Waals surface area contributed by atoms with Crippen LogP contribution in [0.3, 0.4) is 0 Å². The highest BCUT2D eigenvalue weighted by Gasteiger charge is 2.20. The van der Waals surface area contributed by atoms with Crippen LogP contribution in [0.25, 0.3) is 11.3 Å². The zero-order valence-electron chi connectivity index (χ0n) is 15.6. The Hall–Kier alpha value is -2.43. The molecule has 0 spiro atoms. The van der Waals surface area contributed by atoms with Crippen molar-refractivity contribution in [3.8, 4) is 11.3 Å².